The molecule has 0 aliphatic rings. The summed E-state index contributed by atoms with van der Waals surface area (Å²) in [4.78, 5) is 18.3. The van der Waals surface area contributed by atoms with Gasteiger partial charge in [0.1, 0.15) is 0 Å². The van der Waals surface area contributed by atoms with Gasteiger partial charge in [-0.25, -0.2) is 9.67 Å². The quantitative estimate of drug-likeness (QED) is 0.529. The molecule has 6 heteroatoms. The molecule has 4 aromatic rings. The van der Waals surface area contributed by atoms with Crippen LogP contribution < -0.4 is 0 Å². The molecule has 0 N–H and O–H groups in total. The number of oxazole rings is 1. The SMILES string of the molecule is Cc1ccccc1-n1cc(CN(C)C(=O)c2ccc(-c3cnco3)cc2)cn1. The number of rotatable bonds is 5. The predicted molar refractivity (Wildman–Crippen MR) is 106 cm³/mol. The van der Waals surface area contributed by atoms with Gasteiger partial charge in [0, 0.05) is 36.5 Å². The highest BCUT2D eigenvalue weighted by Gasteiger charge is 2.14. The molecule has 0 atom stereocenters. The van der Waals surface area contributed by atoms with Crippen molar-refractivity contribution < 1.29 is 9.21 Å². The van der Waals surface area contributed by atoms with E-state index in [1.54, 1.807) is 36.5 Å². The smallest absolute Gasteiger partial charge is 0.253 e. The fraction of sp³-hybridized carbons (Fsp3) is 0.136. The number of hydrogen-bond acceptors (Lipinski definition) is 4. The first-order valence-corrected chi connectivity index (χ1v) is 8.96. The Labute approximate surface area is 163 Å². The molecule has 0 radical (unpaired) electrons. The van der Waals surface area contributed by atoms with Crippen LogP contribution in [0, 0.1) is 6.92 Å². The third-order valence-corrected chi connectivity index (χ3v) is 4.61. The molecule has 2 aromatic heterocycles. The van der Waals surface area contributed by atoms with E-state index < -0.39 is 0 Å². The summed E-state index contributed by atoms with van der Waals surface area (Å²) in [5.41, 5.74) is 4.66. The van der Waals surface area contributed by atoms with Crippen molar-refractivity contribution >= 4 is 5.91 Å². The lowest BCUT2D eigenvalue weighted by atomic mass is 10.1. The summed E-state index contributed by atoms with van der Waals surface area (Å²) in [5.74, 6) is 0.628. The molecule has 2 aromatic carbocycles. The van der Waals surface area contributed by atoms with E-state index in [2.05, 4.69) is 23.1 Å². The van der Waals surface area contributed by atoms with Gasteiger partial charge in [-0.15, -0.1) is 0 Å². The Kier molecular flexibility index (Phi) is 4.76. The van der Waals surface area contributed by atoms with Gasteiger partial charge in [-0.05, 0) is 30.7 Å². The number of aromatic nitrogens is 3. The van der Waals surface area contributed by atoms with Crippen LogP contribution >= 0.6 is 0 Å². The van der Waals surface area contributed by atoms with E-state index >= 15 is 0 Å². The van der Waals surface area contributed by atoms with E-state index in [1.165, 1.54) is 6.39 Å². The first-order chi connectivity index (χ1) is 13.6. The topological polar surface area (TPSA) is 64.2 Å². The molecule has 0 aliphatic carbocycles. The first kappa shape index (κ1) is 17.7. The number of hydrogen-bond donors (Lipinski definition) is 0. The Morgan fingerprint density at radius 2 is 1.89 bits per heavy atom. The molecule has 0 unspecified atom stereocenters. The number of carbonyl (C=O) groups is 1. The summed E-state index contributed by atoms with van der Waals surface area (Å²) in [6, 6.07) is 15.4. The summed E-state index contributed by atoms with van der Waals surface area (Å²) < 4.78 is 7.12. The fourth-order valence-corrected chi connectivity index (χ4v) is 3.10. The number of nitrogens with zero attached hydrogens (tertiary/aromatic N) is 4. The summed E-state index contributed by atoms with van der Waals surface area (Å²) in [5, 5.41) is 4.43. The number of para-hydroxylation sites is 1. The maximum Gasteiger partial charge on any atom is 0.253 e. The Morgan fingerprint density at radius 3 is 2.61 bits per heavy atom. The van der Waals surface area contributed by atoms with Gasteiger partial charge in [0.25, 0.3) is 5.91 Å². The van der Waals surface area contributed by atoms with Crippen molar-refractivity contribution in [2.75, 3.05) is 7.05 Å². The van der Waals surface area contributed by atoms with Crippen molar-refractivity contribution in [3.05, 3.63) is 90.2 Å². The predicted octanol–water partition coefficient (Wildman–Crippen LogP) is 4.11. The van der Waals surface area contributed by atoms with Crippen molar-refractivity contribution in [1.29, 1.82) is 0 Å². The van der Waals surface area contributed by atoms with Crippen LogP contribution in [0.4, 0.5) is 0 Å². The minimum absolute atomic E-state index is 0.0484. The molecule has 0 fully saturated rings. The molecule has 0 aliphatic heterocycles. The normalized spacial score (nSPS) is 10.8. The molecule has 1 amide bonds. The third-order valence-electron chi connectivity index (χ3n) is 4.61. The second-order valence-electron chi connectivity index (χ2n) is 6.68. The van der Waals surface area contributed by atoms with E-state index in [-0.39, 0.29) is 5.91 Å². The average molecular weight is 372 g/mol. The second kappa shape index (κ2) is 7.52. The van der Waals surface area contributed by atoms with Crippen LogP contribution in [0.25, 0.3) is 17.0 Å². The van der Waals surface area contributed by atoms with Crippen molar-refractivity contribution in [2.24, 2.45) is 0 Å². The highest BCUT2D eigenvalue weighted by Crippen LogP contribution is 2.20. The molecule has 2 heterocycles. The molecular formula is C22H20N4O2. The number of amides is 1. The lowest BCUT2D eigenvalue weighted by Crippen LogP contribution is -2.25. The van der Waals surface area contributed by atoms with E-state index in [1.807, 2.05) is 41.2 Å². The third kappa shape index (κ3) is 3.57. The number of aryl methyl sites for hydroxylation is 1. The van der Waals surface area contributed by atoms with Crippen molar-refractivity contribution in [2.45, 2.75) is 13.5 Å². The van der Waals surface area contributed by atoms with Crippen LogP contribution in [0.5, 0.6) is 0 Å². The van der Waals surface area contributed by atoms with Crippen molar-refractivity contribution in [3.63, 3.8) is 0 Å². The summed E-state index contributed by atoms with van der Waals surface area (Å²) in [7, 11) is 1.79. The van der Waals surface area contributed by atoms with Gasteiger partial charge < -0.3 is 9.32 Å². The van der Waals surface area contributed by atoms with Crippen LogP contribution in [-0.4, -0.2) is 32.6 Å². The van der Waals surface area contributed by atoms with E-state index in [4.69, 9.17) is 4.42 Å². The summed E-state index contributed by atoms with van der Waals surface area (Å²) in [6.07, 6.45) is 6.79. The lowest BCUT2D eigenvalue weighted by Gasteiger charge is -2.16. The molecule has 0 saturated heterocycles. The maximum atomic E-state index is 12.7. The second-order valence-corrected chi connectivity index (χ2v) is 6.68. The molecule has 28 heavy (non-hydrogen) atoms. The molecule has 4 rings (SSSR count). The van der Waals surface area contributed by atoms with Crippen LogP contribution in [0.2, 0.25) is 0 Å². The van der Waals surface area contributed by atoms with E-state index in [9.17, 15) is 4.79 Å². The van der Waals surface area contributed by atoms with Gasteiger partial charge in [-0.3, -0.25) is 4.79 Å². The minimum atomic E-state index is -0.0484. The van der Waals surface area contributed by atoms with Gasteiger partial charge in [0.2, 0.25) is 0 Å². The van der Waals surface area contributed by atoms with Crippen LogP contribution in [-0.2, 0) is 6.54 Å². The Morgan fingerprint density at radius 1 is 1.11 bits per heavy atom. The van der Waals surface area contributed by atoms with Crippen LogP contribution in [0.15, 0.2) is 77.9 Å². The van der Waals surface area contributed by atoms with Gasteiger partial charge in [-0.1, -0.05) is 30.3 Å². The van der Waals surface area contributed by atoms with Gasteiger partial charge in [0.15, 0.2) is 12.2 Å². The zero-order valence-electron chi connectivity index (χ0n) is 15.7. The Hall–Kier alpha value is -3.67. The minimum Gasteiger partial charge on any atom is -0.444 e. The van der Waals surface area contributed by atoms with Crippen LogP contribution in [0.3, 0.4) is 0 Å². The zero-order valence-corrected chi connectivity index (χ0v) is 15.7. The average Bonchev–Trinajstić information content (AvgIpc) is 3.40. The zero-order chi connectivity index (χ0) is 19.5. The monoisotopic (exact) mass is 372 g/mol. The van der Waals surface area contributed by atoms with Crippen LogP contribution in [0.1, 0.15) is 21.5 Å². The molecule has 0 bridgehead atoms. The van der Waals surface area contributed by atoms with Gasteiger partial charge >= 0.3 is 0 Å². The highest BCUT2D eigenvalue weighted by atomic mass is 16.3. The summed E-state index contributed by atoms with van der Waals surface area (Å²) in [6.45, 7) is 2.53. The number of benzene rings is 2. The lowest BCUT2D eigenvalue weighted by molar-refractivity contribution is 0.0785. The fourth-order valence-electron chi connectivity index (χ4n) is 3.10. The van der Waals surface area contributed by atoms with Gasteiger partial charge in [0.05, 0.1) is 18.1 Å². The van der Waals surface area contributed by atoms with E-state index in [0.717, 1.165) is 22.4 Å². The van der Waals surface area contributed by atoms with Crippen molar-refractivity contribution in [3.8, 4) is 17.0 Å². The molecule has 6 nitrogen and oxygen atoms in total. The maximum absolute atomic E-state index is 12.7. The largest absolute Gasteiger partial charge is 0.444 e. The highest BCUT2D eigenvalue weighted by molar-refractivity contribution is 5.94. The van der Waals surface area contributed by atoms with E-state index in [0.29, 0.717) is 17.9 Å². The molecule has 140 valence electrons. The number of carbonyl (C=O) groups excluding carboxylic acids is 1. The Balaban J connectivity index is 1.46. The standard InChI is InChI=1S/C22H20N4O2/c1-16-5-3-4-6-20(16)26-14-17(11-24-26)13-25(2)22(27)19-9-7-18(8-10-19)21-12-23-15-28-21/h3-12,14-15H,13H2,1-2H3. The van der Waals surface area contributed by atoms with Crippen molar-refractivity contribution in [1.82, 2.24) is 19.7 Å². The molecule has 0 saturated carbocycles. The Bertz CT molecular complexity index is 1080. The van der Waals surface area contributed by atoms with Gasteiger partial charge in [-0.2, -0.15) is 5.10 Å². The molecule has 0 spiro atoms. The summed E-state index contributed by atoms with van der Waals surface area (Å²) >= 11 is 0. The molecular weight excluding hydrogens is 352 g/mol. The first-order valence-electron chi connectivity index (χ1n) is 8.96.